The van der Waals surface area contributed by atoms with Gasteiger partial charge in [0.1, 0.15) is 0 Å². The average molecular weight is 344 g/mol. The van der Waals surface area contributed by atoms with Crippen LogP contribution in [0.5, 0.6) is 0 Å². The number of nitrogens with one attached hydrogen (secondary N) is 2. The van der Waals surface area contributed by atoms with Gasteiger partial charge in [-0.15, -0.1) is 0 Å². The van der Waals surface area contributed by atoms with E-state index in [1.807, 2.05) is 6.92 Å². The lowest BCUT2D eigenvalue weighted by molar-refractivity contribution is -0.139. The van der Waals surface area contributed by atoms with Crippen molar-refractivity contribution in [2.45, 2.75) is 64.0 Å². The first kappa shape index (κ1) is 17.9. The van der Waals surface area contributed by atoms with E-state index in [1.54, 1.807) is 0 Å². The minimum absolute atomic E-state index is 0.0411. The zero-order valence-electron chi connectivity index (χ0n) is 15.0. The van der Waals surface area contributed by atoms with Crippen molar-refractivity contribution >= 4 is 11.8 Å². The predicted molar refractivity (Wildman–Crippen MR) is 96.2 cm³/mol. The van der Waals surface area contributed by atoms with E-state index in [4.69, 9.17) is 4.74 Å². The third kappa shape index (κ3) is 4.60. The number of benzene rings is 1. The molecule has 2 aliphatic rings. The van der Waals surface area contributed by atoms with E-state index < -0.39 is 11.8 Å². The molecular weight excluding hydrogens is 316 g/mol. The average Bonchev–Trinajstić information content (AvgIpc) is 3.17. The Bertz CT molecular complexity index is 623. The molecule has 2 amide bonds. The van der Waals surface area contributed by atoms with Crippen LogP contribution in [-0.2, 0) is 27.2 Å². The fourth-order valence-corrected chi connectivity index (χ4v) is 3.71. The molecule has 5 heteroatoms. The van der Waals surface area contributed by atoms with Crippen LogP contribution in [0.4, 0.5) is 0 Å². The minimum Gasteiger partial charge on any atom is -0.376 e. The van der Waals surface area contributed by atoms with Crippen LogP contribution in [0.3, 0.4) is 0 Å². The minimum atomic E-state index is -0.577. The Labute approximate surface area is 149 Å². The van der Waals surface area contributed by atoms with Crippen molar-refractivity contribution in [1.82, 2.24) is 10.6 Å². The van der Waals surface area contributed by atoms with Gasteiger partial charge in [-0.05, 0) is 61.6 Å². The molecule has 2 N–H and O–H groups in total. The Morgan fingerprint density at radius 3 is 2.68 bits per heavy atom. The Morgan fingerprint density at radius 1 is 1.16 bits per heavy atom. The van der Waals surface area contributed by atoms with Gasteiger partial charge in [-0.2, -0.15) is 0 Å². The highest BCUT2D eigenvalue weighted by atomic mass is 16.5. The van der Waals surface area contributed by atoms with Crippen LogP contribution in [0.2, 0.25) is 0 Å². The second-order valence-electron chi connectivity index (χ2n) is 7.01. The van der Waals surface area contributed by atoms with Crippen LogP contribution in [0, 0.1) is 0 Å². The predicted octanol–water partition coefficient (Wildman–Crippen LogP) is 2.43. The summed E-state index contributed by atoms with van der Waals surface area (Å²) in [5.41, 5.74) is 3.90. The molecule has 2 unspecified atom stereocenters. The van der Waals surface area contributed by atoms with Crippen molar-refractivity contribution in [2.75, 3.05) is 13.2 Å². The van der Waals surface area contributed by atoms with E-state index in [2.05, 4.69) is 28.8 Å². The number of aryl methyl sites for hydroxylation is 2. The second kappa shape index (κ2) is 8.48. The zero-order chi connectivity index (χ0) is 17.6. The normalized spacial score (nSPS) is 20.6. The topological polar surface area (TPSA) is 67.4 Å². The summed E-state index contributed by atoms with van der Waals surface area (Å²) < 4.78 is 5.46. The fourth-order valence-electron chi connectivity index (χ4n) is 3.71. The van der Waals surface area contributed by atoms with Crippen molar-refractivity contribution in [3.05, 3.63) is 34.9 Å². The lowest BCUT2D eigenvalue weighted by atomic mass is 9.89. The van der Waals surface area contributed by atoms with Gasteiger partial charge in [0.15, 0.2) is 0 Å². The van der Waals surface area contributed by atoms with E-state index in [0.29, 0.717) is 6.54 Å². The number of ether oxygens (including phenoxy) is 1. The third-order valence-corrected chi connectivity index (χ3v) is 5.21. The Hall–Kier alpha value is -1.88. The summed E-state index contributed by atoms with van der Waals surface area (Å²) >= 11 is 0. The molecule has 1 aliphatic heterocycles. The number of fused-ring (bicyclic) bond motifs is 1. The summed E-state index contributed by atoms with van der Waals surface area (Å²) in [7, 11) is 0. The van der Waals surface area contributed by atoms with Crippen LogP contribution in [0.1, 0.15) is 61.8 Å². The molecule has 136 valence electrons. The zero-order valence-corrected chi connectivity index (χ0v) is 15.0. The van der Waals surface area contributed by atoms with Crippen molar-refractivity contribution in [3.63, 3.8) is 0 Å². The summed E-state index contributed by atoms with van der Waals surface area (Å²) in [6.07, 6.45) is 7.48. The van der Waals surface area contributed by atoms with Gasteiger partial charge in [0.05, 0.1) is 12.1 Å². The van der Waals surface area contributed by atoms with Gasteiger partial charge in [0.25, 0.3) is 0 Å². The molecule has 2 atom stereocenters. The number of hydrogen-bond acceptors (Lipinski definition) is 3. The van der Waals surface area contributed by atoms with E-state index in [-0.39, 0.29) is 12.1 Å². The van der Waals surface area contributed by atoms with Crippen molar-refractivity contribution in [1.29, 1.82) is 0 Å². The summed E-state index contributed by atoms with van der Waals surface area (Å²) in [6.45, 7) is 3.17. The molecule has 1 fully saturated rings. The van der Waals surface area contributed by atoms with E-state index in [9.17, 15) is 9.59 Å². The van der Waals surface area contributed by atoms with Gasteiger partial charge in [0.2, 0.25) is 0 Å². The van der Waals surface area contributed by atoms with Crippen LogP contribution in [0.15, 0.2) is 18.2 Å². The molecule has 1 aromatic carbocycles. The summed E-state index contributed by atoms with van der Waals surface area (Å²) in [5.74, 6) is -1.14. The van der Waals surface area contributed by atoms with Gasteiger partial charge in [-0.1, -0.05) is 25.1 Å². The first-order valence-corrected chi connectivity index (χ1v) is 9.49. The highest BCUT2D eigenvalue weighted by Gasteiger charge is 2.22. The number of hydrogen-bond donors (Lipinski definition) is 2. The molecule has 0 aromatic heterocycles. The number of amides is 2. The molecule has 5 nitrogen and oxygen atoms in total. The molecule has 1 saturated heterocycles. The monoisotopic (exact) mass is 344 g/mol. The molecule has 0 bridgehead atoms. The van der Waals surface area contributed by atoms with Crippen molar-refractivity contribution in [3.8, 4) is 0 Å². The van der Waals surface area contributed by atoms with Gasteiger partial charge < -0.3 is 15.4 Å². The largest absolute Gasteiger partial charge is 0.376 e. The highest BCUT2D eigenvalue weighted by Crippen LogP contribution is 2.26. The number of carbonyl (C=O) groups is 2. The second-order valence-corrected chi connectivity index (χ2v) is 7.01. The van der Waals surface area contributed by atoms with Crippen LogP contribution < -0.4 is 10.6 Å². The maximum atomic E-state index is 12.2. The standard InChI is InChI=1S/C20H28N2O3/c1-2-18(16-10-9-14-6-3-4-7-15(14)12-16)22-20(24)19(23)21-13-17-8-5-11-25-17/h9-10,12,17-18H,2-8,11,13H2,1H3,(H,21,23)(H,22,24). The summed E-state index contributed by atoms with van der Waals surface area (Å²) in [6, 6.07) is 6.33. The lowest BCUT2D eigenvalue weighted by Crippen LogP contribution is -2.43. The molecule has 0 saturated carbocycles. The quantitative estimate of drug-likeness (QED) is 0.806. The fraction of sp³-hybridized carbons (Fsp3) is 0.600. The number of carbonyl (C=O) groups excluding carboxylic acids is 2. The summed E-state index contributed by atoms with van der Waals surface area (Å²) in [5, 5.41) is 5.55. The van der Waals surface area contributed by atoms with Crippen molar-refractivity contribution in [2.24, 2.45) is 0 Å². The maximum absolute atomic E-state index is 12.2. The van der Waals surface area contributed by atoms with Crippen molar-refractivity contribution < 1.29 is 14.3 Å². The first-order valence-electron chi connectivity index (χ1n) is 9.49. The van der Waals surface area contributed by atoms with E-state index in [1.165, 1.54) is 24.0 Å². The maximum Gasteiger partial charge on any atom is 0.309 e. The Balaban J connectivity index is 1.57. The molecule has 25 heavy (non-hydrogen) atoms. The Kier molecular flexibility index (Phi) is 6.08. The number of rotatable bonds is 5. The third-order valence-electron chi connectivity index (χ3n) is 5.21. The van der Waals surface area contributed by atoms with Crippen LogP contribution in [-0.4, -0.2) is 31.1 Å². The van der Waals surface area contributed by atoms with E-state index >= 15 is 0 Å². The van der Waals surface area contributed by atoms with Crippen LogP contribution >= 0.6 is 0 Å². The lowest BCUT2D eigenvalue weighted by Gasteiger charge is -2.21. The highest BCUT2D eigenvalue weighted by molar-refractivity contribution is 6.35. The van der Waals surface area contributed by atoms with Crippen LogP contribution in [0.25, 0.3) is 0 Å². The molecule has 1 heterocycles. The van der Waals surface area contributed by atoms with Gasteiger partial charge >= 0.3 is 11.8 Å². The van der Waals surface area contributed by atoms with Gasteiger partial charge in [-0.25, -0.2) is 0 Å². The Morgan fingerprint density at radius 2 is 1.96 bits per heavy atom. The SMILES string of the molecule is CCC(NC(=O)C(=O)NCC1CCCO1)c1ccc2c(c1)CCCC2. The van der Waals surface area contributed by atoms with Gasteiger partial charge in [0, 0.05) is 13.2 Å². The molecule has 1 aromatic rings. The first-order chi connectivity index (χ1) is 12.2. The molecule has 0 radical (unpaired) electrons. The van der Waals surface area contributed by atoms with Gasteiger partial charge in [-0.3, -0.25) is 9.59 Å². The molecular formula is C20H28N2O3. The molecule has 0 spiro atoms. The summed E-state index contributed by atoms with van der Waals surface area (Å²) in [4.78, 5) is 24.3. The smallest absolute Gasteiger partial charge is 0.309 e. The molecule has 3 rings (SSSR count). The van der Waals surface area contributed by atoms with E-state index in [0.717, 1.165) is 44.3 Å². The molecule has 1 aliphatic carbocycles.